The molecule has 1 rings (SSSR count). The first-order valence-corrected chi connectivity index (χ1v) is 4.10. The first-order valence-electron chi connectivity index (χ1n) is 4.10. The number of rotatable bonds is 3. The number of amides is 3. The fourth-order valence-corrected chi connectivity index (χ4v) is 1.14. The highest BCUT2D eigenvalue weighted by atomic mass is 16.5. The summed E-state index contributed by atoms with van der Waals surface area (Å²) in [4.78, 5) is 21.1. The Morgan fingerprint density at radius 1 is 1.62 bits per heavy atom. The van der Waals surface area contributed by atoms with Crippen molar-refractivity contribution >= 4 is 11.9 Å². The van der Waals surface area contributed by atoms with E-state index in [1.165, 1.54) is 0 Å². The van der Waals surface area contributed by atoms with Crippen LogP contribution in [0.1, 0.15) is 6.42 Å². The molecule has 1 saturated heterocycles. The molecule has 3 amide bonds. The minimum absolute atomic E-state index is 0.0682. The smallest absolute Gasteiger partial charge is 0.318 e. The van der Waals surface area contributed by atoms with E-state index in [1.807, 2.05) is 5.32 Å². The molecule has 1 heterocycles. The van der Waals surface area contributed by atoms with Crippen molar-refractivity contribution in [1.82, 2.24) is 10.6 Å². The van der Waals surface area contributed by atoms with E-state index in [9.17, 15) is 9.59 Å². The lowest BCUT2D eigenvalue weighted by Crippen LogP contribution is -2.38. The summed E-state index contributed by atoms with van der Waals surface area (Å²) in [6, 6.07) is -0.849. The van der Waals surface area contributed by atoms with Crippen LogP contribution in [0.4, 0.5) is 4.79 Å². The molecule has 1 aliphatic heterocycles. The van der Waals surface area contributed by atoms with E-state index in [-0.39, 0.29) is 12.7 Å². The molecule has 6 heteroatoms. The highest BCUT2D eigenvalue weighted by Crippen LogP contribution is 2.01. The van der Waals surface area contributed by atoms with Gasteiger partial charge in [-0.3, -0.25) is 10.1 Å². The van der Waals surface area contributed by atoms with Crippen molar-refractivity contribution in [3.63, 3.8) is 0 Å². The van der Waals surface area contributed by atoms with Gasteiger partial charge in [-0.1, -0.05) is 0 Å². The minimum atomic E-state index is -0.849. The third-order valence-corrected chi connectivity index (χ3v) is 1.73. The third-order valence-electron chi connectivity index (χ3n) is 1.73. The van der Waals surface area contributed by atoms with Crippen LogP contribution in [0.3, 0.4) is 0 Å². The lowest BCUT2D eigenvalue weighted by Gasteiger charge is -2.08. The molecule has 0 aromatic rings. The Labute approximate surface area is 75.8 Å². The average molecular weight is 187 g/mol. The molecule has 0 spiro atoms. The highest BCUT2D eigenvalue weighted by molar-refractivity contribution is 5.94. The van der Waals surface area contributed by atoms with Gasteiger partial charge in [0, 0.05) is 6.54 Å². The van der Waals surface area contributed by atoms with Gasteiger partial charge in [-0.15, -0.1) is 0 Å². The molecule has 4 N–H and O–H groups in total. The molecule has 1 aliphatic rings. The number of carbonyl (C=O) groups excluding carboxylic acids is 2. The largest absolute Gasteiger partial charge is 0.367 e. The quantitative estimate of drug-likeness (QED) is 0.504. The van der Waals surface area contributed by atoms with E-state index < -0.39 is 11.9 Å². The second-order valence-corrected chi connectivity index (χ2v) is 2.84. The Morgan fingerprint density at radius 2 is 2.38 bits per heavy atom. The predicted molar refractivity (Wildman–Crippen MR) is 45.0 cm³/mol. The van der Waals surface area contributed by atoms with Crippen molar-refractivity contribution in [1.29, 1.82) is 0 Å². The SMILES string of the molecule is NC(=O)NC(=O)COC1CCNC1. The Hall–Kier alpha value is -1.14. The fourth-order valence-electron chi connectivity index (χ4n) is 1.14. The Kier molecular flexibility index (Phi) is 3.66. The first-order chi connectivity index (χ1) is 6.18. The Balaban J connectivity index is 2.10. The topological polar surface area (TPSA) is 93.5 Å². The van der Waals surface area contributed by atoms with Gasteiger partial charge in [0.1, 0.15) is 6.61 Å². The molecule has 1 fully saturated rings. The molecule has 13 heavy (non-hydrogen) atoms. The molecular formula is C7H13N3O3. The second kappa shape index (κ2) is 4.78. The Bertz CT molecular complexity index is 201. The van der Waals surface area contributed by atoms with E-state index in [2.05, 4.69) is 5.32 Å². The number of hydrogen-bond acceptors (Lipinski definition) is 4. The summed E-state index contributed by atoms with van der Waals surface area (Å²) in [6.07, 6.45) is 0.961. The van der Waals surface area contributed by atoms with Crippen LogP contribution in [0.2, 0.25) is 0 Å². The van der Waals surface area contributed by atoms with E-state index >= 15 is 0 Å². The van der Waals surface area contributed by atoms with Crippen LogP contribution in [0, 0.1) is 0 Å². The number of imide groups is 1. The summed E-state index contributed by atoms with van der Waals surface area (Å²) in [7, 11) is 0. The maximum atomic E-state index is 10.9. The van der Waals surface area contributed by atoms with E-state index in [0.717, 1.165) is 19.5 Å². The van der Waals surface area contributed by atoms with Gasteiger partial charge in [0.05, 0.1) is 6.10 Å². The first kappa shape index (κ1) is 9.94. The maximum absolute atomic E-state index is 10.9. The standard InChI is InChI=1S/C7H13N3O3/c8-7(12)10-6(11)4-13-5-1-2-9-3-5/h5,9H,1-4H2,(H3,8,10,11,12). The molecule has 0 radical (unpaired) electrons. The number of primary amides is 1. The number of hydrogen-bond donors (Lipinski definition) is 3. The summed E-state index contributed by atoms with van der Waals surface area (Å²) in [5.41, 5.74) is 4.74. The summed E-state index contributed by atoms with van der Waals surface area (Å²) >= 11 is 0. The molecule has 1 unspecified atom stereocenters. The molecule has 0 saturated carbocycles. The molecule has 0 bridgehead atoms. The number of nitrogens with one attached hydrogen (secondary N) is 2. The zero-order valence-corrected chi connectivity index (χ0v) is 7.21. The number of nitrogens with two attached hydrogens (primary N) is 1. The van der Waals surface area contributed by atoms with Gasteiger partial charge in [0.25, 0.3) is 5.91 Å². The Morgan fingerprint density at radius 3 is 2.92 bits per heavy atom. The van der Waals surface area contributed by atoms with E-state index in [1.54, 1.807) is 0 Å². The van der Waals surface area contributed by atoms with Crippen molar-refractivity contribution < 1.29 is 14.3 Å². The van der Waals surface area contributed by atoms with Gasteiger partial charge in [0.2, 0.25) is 0 Å². The monoisotopic (exact) mass is 187 g/mol. The van der Waals surface area contributed by atoms with Crippen LogP contribution in [0.25, 0.3) is 0 Å². The van der Waals surface area contributed by atoms with Crippen molar-refractivity contribution in [2.75, 3.05) is 19.7 Å². The number of ether oxygens (including phenoxy) is 1. The molecule has 1 atom stereocenters. The van der Waals surface area contributed by atoms with Gasteiger partial charge in [-0.2, -0.15) is 0 Å². The highest BCUT2D eigenvalue weighted by Gasteiger charge is 2.16. The van der Waals surface area contributed by atoms with Crippen molar-refractivity contribution in [3.8, 4) is 0 Å². The van der Waals surface area contributed by atoms with E-state index in [0.29, 0.717) is 0 Å². The van der Waals surface area contributed by atoms with Crippen LogP contribution < -0.4 is 16.4 Å². The van der Waals surface area contributed by atoms with Crippen LogP contribution >= 0.6 is 0 Å². The van der Waals surface area contributed by atoms with Gasteiger partial charge < -0.3 is 15.8 Å². The normalized spacial score (nSPS) is 21.4. The molecular weight excluding hydrogens is 174 g/mol. The molecule has 6 nitrogen and oxygen atoms in total. The summed E-state index contributed by atoms with van der Waals surface area (Å²) in [6.45, 7) is 1.54. The molecule has 0 aliphatic carbocycles. The fraction of sp³-hybridized carbons (Fsp3) is 0.714. The lowest BCUT2D eigenvalue weighted by molar-refractivity contribution is -0.126. The van der Waals surface area contributed by atoms with Crippen LogP contribution in [0.5, 0.6) is 0 Å². The molecule has 0 aromatic carbocycles. The summed E-state index contributed by atoms with van der Waals surface area (Å²) < 4.78 is 5.18. The number of urea groups is 1. The zero-order valence-electron chi connectivity index (χ0n) is 7.21. The zero-order chi connectivity index (χ0) is 9.68. The summed E-state index contributed by atoms with van der Waals surface area (Å²) in [5, 5.41) is 5.01. The number of carbonyl (C=O) groups is 2. The van der Waals surface area contributed by atoms with Gasteiger partial charge >= 0.3 is 6.03 Å². The maximum Gasteiger partial charge on any atom is 0.318 e. The molecule has 74 valence electrons. The predicted octanol–water partition coefficient (Wildman–Crippen LogP) is -1.44. The van der Waals surface area contributed by atoms with Crippen molar-refractivity contribution in [3.05, 3.63) is 0 Å². The van der Waals surface area contributed by atoms with Gasteiger partial charge in [0.15, 0.2) is 0 Å². The van der Waals surface area contributed by atoms with Crippen LogP contribution in [-0.2, 0) is 9.53 Å². The van der Waals surface area contributed by atoms with Gasteiger partial charge in [-0.05, 0) is 13.0 Å². The van der Waals surface area contributed by atoms with Gasteiger partial charge in [-0.25, -0.2) is 4.79 Å². The second-order valence-electron chi connectivity index (χ2n) is 2.84. The van der Waals surface area contributed by atoms with E-state index in [4.69, 9.17) is 10.5 Å². The minimum Gasteiger partial charge on any atom is -0.367 e. The third kappa shape index (κ3) is 3.86. The van der Waals surface area contributed by atoms with Crippen molar-refractivity contribution in [2.24, 2.45) is 5.73 Å². The summed E-state index contributed by atoms with van der Waals surface area (Å²) in [5.74, 6) is -0.501. The average Bonchev–Trinajstić information content (AvgIpc) is 2.51. The molecule has 0 aromatic heterocycles. The lowest BCUT2D eigenvalue weighted by atomic mass is 10.3. The van der Waals surface area contributed by atoms with Crippen LogP contribution in [-0.4, -0.2) is 37.7 Å². The van der Waals surface area contributed by atoms with Crippen molar-refractivity contribution in [2.45, 2.75) is 12.5 Å². The van der Waals surface area contributed by atoms with Crippen LogP contribution in [0.15, 0.2) is 0 Å².